The van der Waals surface area contributed by atoms with Gasteiger partial charge >= 0.3 is 0 Å². The van der Waals surface area contributed by atoms with Crippen molar-refractivity contribution < 1.29 is 4.74 Å². The summed E-state index contributed by atoms with van der Waals surface area (Å²) in [7, 11) is 1.69. The van der Waals surface area contributed by atoms with Gasteiger partial charge in [0.1, 0.15) is 16.9 Å². The van der Waals surface area contributed by atoms with Crippen molar-refractivity contribution in [3.05, 3.63) is 28.9 Å². The number of aliphatic imine (C=N–C) groups is 1. The first-order valence-corrected chi connectivity index (χ1v) is 8.07. The third kappa shape index (κ3) is 3.20. The van der Waals surface area contributed by atoms with E-state index in [4.69, 9.17) is 9.72 Å². The Morgan fingerprint density at radius 3 is 2.84 bits per heavy atom. The molecule has 0 saturated heterocycles. The molecule has 0 spiro atoms. The van der Waals surface area contributed by atoms with E-state index in [0.717, 1.165) is 28.0 Å². The van der Waals surface area contributed by atoms with E-state index in [-0.39, 0.29) is 0 Å². The summed E-state index contributed by atoms with van der Waals surface area (Å²) in [4.78, 5) is 13.5. The van der Waals surface area contributed by atoms with E-state index in [9.17, 15) is 0 Å². The van der Waals surface area contributed by atoms with E-state index in [1.54, 1.807) is 25.7 Å². The number of hydrogen-bond acceptors (Lipinski definition) is 6. The molecule has 0 bridgehead atoms. The third-order valence-electron chi connectivity index (χ3n) is 3.87. The predicted molar refractivity (Wildman–Crippen MR) is 96.6 cm³/mol. The largest absolute Gasteiger partial charge is 0.383 e. The smallest absolute Gasteiger partial charge is 0.179 e. The quantitative estimate of drug-likeness (QED) is 0.635. The van der Waals surface area contributed by atoms with E-state index in [1.807, 2.05) is 37.4 Å². The molecule has 0 radical (unpaired) electrons. The molecule has 0 aliphatic carbocycles. The van der Waals surface area contributed by atoms with Crippen molar-refractivity contribution >= 4 is 24.1 Å². The molecular formula is C17H21N7O. The van der Waals surface area contributed by atoms with Gasteiger partial charge in [-0.15, -0.1) is 10.2 Å². The summed E-state index contributed by atoms with van der Waals surface area (Å²) in [6.45, 7) is 7.01. The molecule has 0 atom stereocenters. The van der Waals surface area contributed by atoms with Gasteiger partial charge in [0.15, 0.2) is 11.5 Å². The van der Waals surface area contributed by atoms with E-state index >= 15 is 0 Å². The lowest BCUT2D eigenvalue weighted by Gasteiger charge is -2.08. The molecule has 0 aliphatic heterocycles. The van der Waals surface area contributed by atoms with Crippen LogP contribution in [0.1, 0.15) is 19.7 Å². The van der Waals surface area contributed by atoms with Crippen molar-refractivity contribution in [2.45, 2.75) is 27.3 Å². The fourth-order valence-corrected chi connectivity index (χ4v) is 2.66. The van der Waals surface area contributed by atoms with Crippen LogP contribution in [0.5, 0.6) is 0 Å². The molecule has 0 aliphatic rings. The first-order chi connectivity index (χ1) is 12.2. The molecule has 0 aromatic carbocycles. The third-order valence-corrected chi connectivity index (χ3v) is 3.87. The summed E-state index contributed by atoms with van der Waals surface area (Å²) in [5.41, 5.74) is 1.45. The van der Waals surface area contributed by atoms with Crippen molar-refractivity contribution in [3.8, 4) is 11.5 Å². The van der Waals surface area contributed by atoms with Gasteiger partial charge in [0.25, 0.3) is 0 Å². The molecule has 3 aromatic rings. The van der Waals surface area contributed by atoms with Gasteiger partial charge in [-0.3, -0.25) is 9.39 Å². The summed E-state index contributed by atoms with van der Waals surface area (Å²) < 4.78 is 9.25. The van der Waals surface area contributed by atoms with Gasteiger partial charge in [0.05, 0.1) is 24.4 Å². The molecule has 0 saturated carbocycles. The molecule has 0 N–H and O–H groups in total. The minimum absolute atomic E-state index is 0.578. The van der Waals surface area contributed by atoms with Crippen LogP contribution < -0.4 is 10.7 Å². The number of imidazole rings is 1. The lowest BCUT2D eigenvalue weighted by Crippen LogP contribution is -2.30. The van der Waals surface area contributed by atoms with Crippen LogP contribution in [0.3, 0.4) is 0 Å². The van der Waals surface area contributed by atoms with Crippen molar-refractivity contribution in [3.63, 3.8) is 0 Å². The summed E-state index contributed by atoms with van der Waals surface area (Å²) >= 11 is 0. The molecule has 0 fully saturated rings. The second kappa shape index (κ2) is 7.35. The topological polar surface area (TPSA) is 82.5 Å². The van der Waals surface area contributed by atoms with Gasteiger partial charge in [-0.05, 0) is 20.8 Å². The molecule has 0 unspecified atom stereocenters. The number of fused-ring (bicyclic) bond motifs is 1. The maximum Gasteiger partial charge on any atom is 0.179 e. The Morgan fingerprint density at radius 2 is 2.12 bits per heavy atom. The highest BCUT2D eigenvalue weighted by molar-refractivity contribution is 5.58. The number of hydrogen-bond donors (Lipinski definition) is 0. The Labute approximate surface area is 145 Å². The van der Waals surface area contributed by atoms with Crippen LogP contribution >= 0.6 is 0 Å². The Bertz CT molecular complexity index is 1030. The summed E-state index contributed by atoms with van der Waals surface area (Å²) in [6.07, 6.45) is 9.12. The van der Waals surface area contributed by atoms with Crippen molar-refractivity contribution in [1.82, 2.24) is 29.1 Å². The van der Waals surface area contributed by atoms with Crippen LogP contribution in [0.15, 0.2) is 17.4 Å². The van der Waals surface area contributed by atoms with Crippen LogP contribution in [-0.2, 0) is 11.3 Å². The molecule has 25 heavy (non-hydrogen) atoms. The highest BCUT2D eigenvalue weighted by Gasteiger charge is 2.13. The van der Waals surface area contributed by atoms with Gasteiger partial charge in [-0.2, -0.15) is 0 Å². The Kier molecular flexibility index (Phi) is 4.99. The zero-order valence-electron chi connectivity index (χ0n) is 14.8. The monoisotopic (exact) mass is 339 g/mol. The van der Waals surface area contributed by atoms with Crippen molar-refractivity contribution in [2.75, 3.05) is 13.7 Å². The van der Waals surface area contributed by atoms with Crippen LogP contribution in [0, 0.1) is 6.92 Å². The second-order valence-electron chi connectivity index (χ2n) is 5.42. The SMILES string of the molecule is C\C=N/C=c1/nc(-c2cn3c(C)nnc3cn2)n(CCOC)/c1=C/C. The maximum atomic E-state index is 5.26. The Hall–Kier alpha value is -2.87. The lowest BCUT2D eigenvalue weighted by molar-refractivity contribution is 0.187. The fraction of sp³-hybridized carbons (Fsp3) is 0.353. The molecule has 130 valence electrons. The minimum atomic E-state index is 0.578. The van der Waals surface area contributed by atoms with E-state index < -0.39 is 0 Å². The highest BCUT2D eigenvalue weighted by Crippen LogP contribution is 2.13. The first kappa shape index (κ1) is 17.0. The molecule has 3 rings (SSSR count). The maximum absolute atomic E-state index is 5.26. The van der Waals surface area contributed by atoms with Gasteiger partial charge < -0.3 is 9.30 Å². The van der Waals surface area contributed by atoms with E-state index in [2.05, 4.69) is 24.7 Å². The molecule has 3 aromatic heterocycles. The number of aryl methyl sites for hydroxylation is 1. The van der Waals surface area contributed by atoms with Crippen LogP contribution in [0.4, 0.5) is 0 Å². The zero-order chi connectivity index (χ0) is 17.8. The number of aromatic nitrogens is 6. The lowest BCUT2D eigenvalue weighted by atomic mass is 10.4. The Morgan fingerprint density at radius 1 is 1.28 bits per heavy atom. The molecular weight excluding hydrogens is 318 g/mol. The van der Waals surface area contributed by atoms with Gasteiger partial charge in [-0.1, -0.05) is 6.08 Å². The zero-order valence-corrected chi connectivity index (χ0v) is 14.8. The first-order valence-electron chi connectivity index (χ1n) is 8.07. The molecule has 3 heterocycles. The molecule has 8 nitrogen and oxygen atoms in total. The fourth-order valence-electron chi connectivity index (χ4n) is 2.66. The predicted octanol–water partition coefficient (Wildman–Crippen LogP) is 0.572. The second-order valence-corrected chi connectivity index (χ2v) is 5.42. The summed E-state index contributed by atoms with van der Waals surface area (Å²) in [6, 6.07) is 0. The van der Waals surface area contributed by atoms with Gasteiger partial charge in [-0.25, -0.2) is 9.97 Å². The number of methoxy groups -OCH3 is 1. The average molecular weight is 339 g/mol. The minimum Gasteiger partial charge on any atom is -0.383 e. The summed E-state index contributed by atoms with van der Waals surface area (Å²) in [5, 5.41) is 9.94. The number of rotatable bonds is 5. The molecule has 8 heteroatoms. The Balaban J connectivity index is 2.25. The van der Waals surface area contributed by atoms with Crippen molar-refractivity contribution in [2.24, 2.45) is 4.99 Å². The van der Waals surface area contributed by atoms with Crippen LogP contribution in [-0.4, -0.2) is 49.1 Å². The van der Waals surface area contributed by atoms with Crippen LogP contribution in [0.25, 0.3) is 29.4 Å². The van der Waals surface area contributed by atoms with Gasteiger partial charge in [0, 0.05) is 26.1 Å². The standard InChI is InChI=1S/C17H21N7O/c1-5-15-13(9-18-6-2)20-17(23(15)7-8-25-4)14-11-24-12(3)21-22-16(24)10-19-14/h5-6,9-11H,7-8H2,1-4H3/b13-9+,15-5+,18-6-. The van der Waals surface area contributed by atoms with Crippen molar-refractivity contribution in [1.29, 1.82) is 0 Å². The van der Waals surface area contributed by atoms with Gasteiger partial charge in [0.2, 0.25) is 0 Å². The normalized spacial score (nSPS) is 13.6. The molecule has 0 amide bonds. The van der Waals surface area contributed by atoms with E-state index in [0.29, 0.717) is 18.8 Å². The van der Waals surface area contributed by atoms with E-state index in [1.165, 1.54) is 0 Å². The average Bonchev–Trinajstić information content (AvgIpc) is 3.18. The number of nitrogens with zero attached hydrogens (tertiary/aromatic N) is 7. The van der Waals surface area contributed by atoms with Crippen LogP contribution in [0.2, 0.25) is 0 Å². The highest BCUT2D eigenvalue weighted by atomic mass is 16.5. The number of ether oxygens (including phenoxy) is 1. The summed E-state index contributed by atoms with van der Waals surface area (Å²) in [5.74, 6) is 1.57.